The van der Waals surface area contributed by atoms with E-state index in [1.807, 2.05) is 12.1 Å². The monoisotopic (exact) mass is 350 g/mol. The fraction of sp³-hybridized carbons (Fsp3) is 0.0714. The van der Waals surface area contributed by atoms with Gasteiger partial charge in [-0.3, -0.25) is 4.72 Å². The Morgan fingerprint density at radius 3 is 2.60 bits per heavy atom. The summed E-state index contributed by atoms with van der Waals surface area (Å²) in [5, 5.41) is 8.79. The highest BCUT2D eigenvalue weighted by Crippen LogP contribution is 2.17. The zero-order valence-corrected chi connectivity index (χ0v) is 12.8. The molecule has 0 saturated heterocycles. The summed E-state index contributed by atoms with van der Waals surface area (Å²) in [5.74, 6) is -0.122. The summed E-state index contributed by atoms with van der Waals surface area (Å²) in [6.45, 7) is 0. The second-order valence-corrected chi connectivity index (χ2v) is 6.82. The van der Waals surface area contributed by atoms with Gasteiger partial charge >= 0.3 is 0 Å². The molecule has 0 unspecified atom stereocenters. The van der Waals surface area contributed by atoms with Gasteiger partial charge in [-0.15, -0.1) is 0 Å². The van der Waals surface area contributed by atoms with Crippen molar-refractivity contribution in [1.29, 1.82) is 5.26 Å². The maximum atomic E-state index is 12.1. The van der Waals surface area contributed by atoms with Crippen molar-refractivity contribution in [2.24, 2.45) is 0 Å². The van der Waals surface area contributed by atoms with Crippen molar-refractivity contribution in [1.82, 2.24) is 0 Å². The zero-order chi connectivity index (χ0) is 14.6. The number of anilines is 1. The van der Waals surface area contributed by atoms with Crippen molar-refractivity contribution in [3.05, 3.63) is 64.1 Å². The van der Waals surface area contributed by atoms with E-state index in [2.05, 4.69) is 20.7 Å². The Morgan fingerprint density at radius 2 is 1.90 bits per heavy atom. The fourth-order valence-corrected chi connectivity index (χ4v) is 3.34. The Kier molecular flexibility index (Phi) is 4.42. The number of rotatable bonds is 4. The molecule has 0 saturated carbocycles. The molecule has 0 aliphatic carbocycles. The van der Waals surface area contributed by atoms with Crippen LogP contribution in [0, 0.1) is 11.3 Å². The van der Waals surface area contributed by atoms with E-state index in [9.17, 15) is 8.42 Å². The third-order valence-electron chi connectivity index (χ3n) is 2.51. The minimum atomic E-state index is -3.51. The molecule has 0 fully saturated rings. The average molecular weight is 351 g/mol. The van der Waals surface area contributed by atoms with Crippen LogP contribution in [0.1, 0.15) is 11.1 Å². The van der Waals surface area contributed by atoms with Gasteiger partial charge < -0.3 is 0 Å². The van der Waals surface area contributed by atoms with Crippen molar-refractivity contribution >= 4 is 31.6 Å². The Hall–Kier alpha value is -1.84. The highest BCUT2D eigenvalue weighted by atomic mass is 79.9. The van der Waals surface area contributed by atoms with Gasteiger partial charge in [-0.2, -0.15) is 5.26 Å². The quantitative estimate of drug-likeness (QED) is 0.919. The molecule has 0 aliphatic heterocycles. The van der Waals surface area contributed by atoms with E-state index < -0.39 is 10.0 Å². The lowest BCUT2D eigenvalue weighted by atomic mass is 10.2. The van der Waals surface area contributed by atoms with Crippen molar-refractivity contribution in [2.45, 2.75) is 5.75 Å². The summed E-state index contributed by atoms with van der Waals surface area (Å²) >= 11 is 3.30. The van der Waals surface area contributed by atoms with Crippen LogP contribution in [0.25, 0.3) is 0 Å². The van der Waals surface area contributed by atoms with Crippen LogP contribution in [-0.4, -0.2) is 8.42 Å². The molecule has 2 aromatic carbocycles. The summed E-state index contributed by atoms with van der Waals surface area (Å²) in [6, 6.07) is 15.4. The molecule has 0 radical (unpaired) electrons. The molecule has 6 heteroatoms. The third kappa shape index (κ3) is 4.08. The van der Waals surface area contributed by atoms with Crippen molar-refractivity contribution in [2.75, 3.05) is 4.72 Å². The number of sulfonamides is 1. The Bertz CT molecular complexity index is 767. The average Bonchev–Trinajstić information content (AvgIpc) is 2.37. The third-order valence-corrected chi connectivity index (χ3v) is 4.26. The number of hydrogen-bond donors (Lipinski definition) is 1. The summed E-state index contributed by atoms with van der Waals surface area (Å²) < 4.78 is 27.4. The van der Waals surface area contributed by atoms with E-state index in [1.165, 1.54) is 6.07 Å². The molecule has 20 heavy (non-hydrogen) atoms. The molecule has 0 aromatic heterocycles. The first-order chi connectivity index (χ1) is 9.48. The van der Waals surface area contributed by atoms with E-state index >= 15 is 0 Å². The first kappa shape index (κ1) is 14.6. The zero-order valence-electron chi connectivity index (χ0n) is 10.4. The Labute approximate surface area is 126 Å². The minimum Gasteiger partial charge on any atom is -0.283 e. The smallest absolute Gasteiger partial charge is 0.236 e. The second kappa shape index (κ2) is 6.07. The highest BCUT2D eigenvalue weighted by Gasteiger charge is 2.12. The van der Waals surface area contributed by atoms with Gasteiger partial charge in [0.15, 0.2) is 0 Å². The number of benzene rings is 2. The molecule has 4 nitrogen and oxygen atoms in total. The molecule has 0 aliphatic rings. The summed E-state index contributed by atoms with van der Waals surface area (Å²) in [6.07, 6.45) is 0. The van der Waals surface area contributed by atoms with Gasteiger partial charge in [0.25, 0.3) is 0 Å². The van der Waals surface area contributed by atoms with Crippen molar-refractivity contribution in [3.8, 4) is 6.07 Å². The van der Waals surface area contributed by atoms with Crippen LogP contribution in [0.3, 0.4) is 0 Å². The summed E-state index contributed by atoms with van der Waals surface area (Å²) in [4.78, 5) is 0. The Balaban J connectivity index is 2.17. The second-order valence-electron chi connectivity index (χ2n) is 4.18. The van der Waals surface area contributed by atoms with Crippen LogP contribution in [-0.2, 0) is 15.8 Å². The predicted octanol–water partition coefficient (Wildman–Crippen LogP) is 3.26. The fourth-order valence-electron chi connectivity index (χ4n) is 1.71. The number of nitrogens with zero attached hydrogens (tertiary/aromatic N) is 1. The molecule has 2 rings (SSSR count). The van der Waals surface area contributed by atoms with Gasteiger partial charge in [0.1, 0.15) is 0 Å². The molecule has 102 valence electrons. The van der Waals surface area contributed by atoms with Crippen LogP contribution in [0.15, 0.2) is 53.0 Å². The number of halogens is 1. The van der Waals surface area contributed by atoms with E-state index in [4.69, 9.17) is 5.26 Å². The number of hydrogen-bond acceptors (Lipinski definition) is 3. The molecule has 0 atom stereocenters. The first-order valence-corrected chi connectivity index (χ1v) is 8.18. The van der Waals surface area contributed by atoms with Gasteiger partial charge in [-0.25, -0.2) is 8.42 Å². The van der Waals surface area contributed by atoms with E-state index in [0.29, 0.717) is 16.8 Å². The largest absolute Gasteiger partial charge is 0.283 e. The topological polar surface area (TPSA) is 70.0 Å². The lowest BCUT2D eigenvalue weighted by Crippen LogP contribution is -2.15. The standard InChI is InChI=1S/C14H11BrN2O2S/c15-13-5-1-4-12(7-13)10-20(18,19)17-14-6-2-3-11(8-14)9-16/h1-8,17H,10H2. The maximum absolute atomic E-state index is 12.1. The highest BCUT2D eigenvalue weighted by molar-refractivity contribution is 9.10. The predicted molar refractivity (Wildman–Crippen MR) is 81.5 cm³/mol. The molecular formula is C14H11BrN2O2S. The van der Waals surface area contributed by atoms with Crippen LogP contribution in [0.2, 0.25) is 0 Å². The Morgan fingerprint density at radius 1 is 1.15 bits per heavy atom. The van der Waals surface area contributed by atoms with Gasteiger partial charge in [0.2, 0.25) is 10.0 Å². The van der Waals surface area contributed by atoms with E-state index in [1.54, 1.807) is 36.4 Å². The SMILES string of the molecule is N#Cc1cccc(NS(=O)(=O)Cc2cccc(Br)c2)c1. The van der Waals surface area contributed by atoms with E-state index in [0.717, 1.165) is 4.47 Å². The summed E-state index contributed by atoms with van der Waals surface area (Å²) in [5.41, 5.74) is 1.48. The lowest BCUT2D eigenvalue weighted by molar-refractivity contribution is 0.600. The molecule has 0 amide bonds. The van der Waals surface area contributed by atoms with Gasteiger partial charge in [0, 0.05) is 10.2 Å². The van der Waals surface area contributed by atoms with Crippen LogP contribution >= 0.6 is 15.9 Å². The van der Waals surface area contributed by atoms with E-state index in [-0.39, 0.29) is 5.75 Å². The van der Waals surface area contributed by atoms with Crippen LogP contribution in [0.5, 0.6) is 0 Å². The molecule has 0 spiro atoms. The van der Waals surface area contributed by atoms with Gasteiger partial charge in [-0.05, 0) is 35.9 Å². The molecule has 0 bridgehead atoms. The number of nitriles is 1. The first-order valence-electron chi connectivity index (χ1n) is 5.74. The number of nitrogens with one attached hydrogen (secondary N) is 1. The molecule has 2 aromatic rings. The minimum absolute atomic E-state index is 0.122. The van der Waals surface area contributed by atoms with Crippen molar-refractivity contribution in [3.63, 3.8) is 0 Å². The molecule has 1 N–H and O–H groups in total. The van der Waals surface area contributed by atoms with Crippen LogP contribution < -0.4 is 4.72 Å². The maximum Gasteiger partial charge on any atom is 0.236 e. The molecular weight excluding hydrogens is 340 g/mol. The van der Waals surface area contributed by atoms with Gasteiger partial charge in [-0.1, -0.05) is 34.1 Å². The van der Waals surface area contributed by atoms with Crippen LogP contribution in [0.4, 0.5) is 5.69 Å². The summed E-state index contributed by atoms with van der Waals surface area (Å²) in [7, 11) is -3.51. The van der Waals surface area contributed by atoms with Crippen molar-refractivity contribution < 1.29 is 8.42 Å². The normalized spacial score (nSPS) is 10.8. The molecule has 0 heterocycles. The van der Waals surface area contributed by atoms with Gasteiger partial charge in [0.05, 0.1) is 17.4 Å². The lowest BCUT2D eigenvalue weighted by Gasteiger charge is -2.08.